The molecule has 1 aliphatic carbocycles. The summed E-state index contributed by atoms with van der Waals surface area (Å²) in [4.78, 5) is 39.0. The van der Waals surface area contributed by atoms with Crippen LogP contribution in [0, 0.1) is 11.8 Å². The van der Waals surface area contributed by atoms with Gasteiger partial charge in [-0.15, -0.1) is 0 Å². The third-order valence-corrected chi connectivity index (χ3v) is 3.39. The highest BCUT2D eigenvalue weighted by Gasteiger charge is 2.39. The minimum Gasteiger partial charge on any atom is -0.465 e. The fourth-order valence-corrected chi connectivity index (χ4v) is 2.07. The summed E-state index contributed by atoms with van der Waals surface area (Å²) < 4.78 is 5.07. The Bertz CT molecular complexity index is 460. The Balaban J connectivity index is 2.04. The molecule has 5 nitrogen and oxygen atoms in total. The number of rotatable bonds is 6. The Hall–Kier alpha value is -1.78. The van der Waals surface area contributed by atoms with Gasteiger partial charge in [0.1, 0.15) is 13.2 Å². The predicted octanol–water partition coefficient (Wildman–Crippen LogP) is 1.11. The Morgan fingerprint density at radius 3 is 2.79 bits per heavy atom. The average Bonchev–Trinajstić information content (AvgIpc) is 3.23. The first-order chi connectivity index (χ1) is 9.13. The van der Waals surface area contributed by atoms with Crippen molar-refractivity contribution in [1.82, 2.24) is 0 Å². The molecule has 0 aromatic rings. The standard InChI is InChI=1S/C14H17NO4/c1-2-13(17)19-8-11(9-3-4-9)14(18)10-5-6-15-7-12(10)16/h5-6,9,11H,2-4,7-8H2,1H3. The first kappa shape index (κ1) is 13.6. The number of allylic oxidation sites excluding steroid dienone is 1. The number of Topliss-reactive ketones (excluding diaryl/α,β-unsaturated/α-hetero) is 2. The van der Waals surface area contributed by atoms with Crippen LogP contribution in [0.15, 0.2) is 16.6 Å². The maximum atomic E-state index is 12.3. The monoisotopic (exact) mass is 263 g/mol. The normalized spacial score (nSPS) is 19.8. The van der Waals surface area contributed by atoms with Crippen molar-refractivity contribution in [1.29, 1.82) is 0 Å². The topological polar surface area (TPSA) is 72.8 Å². The van der Waals surface area contributed by atoms with Gasteiger partial charge in [0.25, 0.3) is 0 Å². The van der Waals surface area contributed by atoms with Gasteiger partial charge < -0.3 is 4.74 Å². The molecule has 5 heteroatoms. The van der Waals surface area contributed by atoms with Crippen molar-refractivity contribution in [3.63, 3.8) is 0 Å². The molecule has 0 bridgehead atoms. The molecule has 19 heavy (non-hydrogen) atoms. The van der Waals surface area contributed by atoms with Gasteiger partial charge in [-0.25, -0.2) is 0 Å². The third-order valence-electron chi connectivity index (χ3n) is 3.39. The molecule has 1 saturated carbocycles. The summed E-state index contributed by atoms with van der Waals surface area (Å²) in [6, 6.07) is 0. The highest BCUT2D eigenvalue weighted by Crippen LogP contribution is 2.38. The summed E-state index contributed by atoms with van der Waals surface area (Å²) in [5.74, 6) is -0.909. The molecule has 0 N–H and O–H groups in total. The number of esters is 1. The number of carbonyl (C=O) groups is 3. The largest absolute Gasteiger partial charge is 0.465 e. The molecule has 1 fully saturated rings. The number of hydrogen-bond donors (Lipinski definition) is 0. The van der Waals surface area contributed by atoms with Gasteiger partial charge in [-0.05, 0) is 24.8 Å². The fourth-order valence-electron chi connectivity index (χ4n) is 2.07. The van der Waals surface area contributed by atoms with E-state index in [2.05, 4.69) is 4.99 Å². The summed E-state index contributed by atoms with van der Waals surface area (Å²) in [6.07, 6.45) is 5.15. The van der Waals surface area contributed by atoms with Crippen LogP contribution in [0.3, 0.4) is 0 Å². The predicted molar refractivity (Wildman–Crippen MR) is 68.9 cm³/mol. The number of nitrogens with zero attached hydrogens (tertiary/aromatic N) is 1. The van der Waals surface area contributed by atoms with Gasteiger partial charge in [0.05, 0.1) is 11.5 Å². The maximum Gasteiger partial charge on any atom is 0.305 e. The van der Waals surface area contributed by atoms with Crippen LogP contribution in [-0.2, 0) is 19.1 Å². The maximum absolute atomic E-state index is 12.3. The van der Waals surface area contributed by atoms with E-state index in [4.69, 9.17) is 4.74 Å². The molecule has 0 radical (unpaired) electrons. The zero-order valence-electron chi connectivity index (χ0n) is 10.9. The van der Waals surface area contributed by atoms with E-state index in [0.29, 0.717) is 6.42 Å². The summed E-state index contributed by atoms with van der Waals surface area (Å²) in [5, 5.41) is 0. The van der Waals surface area contributed by atoms with E-state index in [1.165, 1.54) is 12.3 Å². The molecule has 0 saturated heterocycles. The van der Waals surface area contributed by atoms with E-state index in [9.17, 15) is 14.4 Å². The smallest absolute Gasteiger partial charge is 0.305 e. The number of dihydropyridines is 1. The van der Waals surface area contributed by atoms with Gasteiger partial charge in [-0.1, -0.05) is 6.92 Å². The zero-order valence-corrected chi connectivity index (χ0v) is 10.9. The lowest BCUT2D eigenvalue weighted by Gasteiger charge is -2.17. The molecule has 2 aliphatic rings. The summed E-state index contributed by atoms with van der Waals surface area (Å²) in [7, 11) is 0. The minimum atomic E-state index is -0.378. The fraction of sp³-hybridized carbons (Fsp3) is 0.571. The third kappa shape index (κ3) is 3.36. The van der Waals surface area contributed by atoms with Crippen LogP contribution in [0.4, 0.5) is 0 Å². The van der Waals surface area contributed by atoms with E-state index < -0.39 is 0 Å². The molecular formula is C14H17NO4. The summed E-state index contributed by atoms with van der Waals surface area (Å²) in [6.45, 7) is 1.82. The van der Waals surface area contributed by atoms with Crippen molar-refractivity contribution in [2.75, 3.05) is 13.2 Å². The molecule has 0 aromatic heterocycles. The lowest BCUT2D eigenvalue weighted by molar-refractivity contribution is -0.145. The Morgan fingerprint density at radius 2 is 2.21 bits per heavy atom. The Labute approximate surface area is 111 Å². The molecule has 1 aliphatic heterocycles. The molecule has 0 spiro atoms. The van der Waals surface area contributed by atoms with Crippen LogP contribution in [0.5, 0.6) is 0 Å². The lowest BCUT2D eigenvalue weighted by Crippen LogP contribution is -2.30. The van der Waals surface area contributed by atoms with E-state index in [1.54, 1.807) is 6.92 Å². The quantitative estimate of drug-likeness (QED) is 0.531. The second-order valence-corrected chi connectivity index (χ2v) is 4.84. The molecule has 1 heterocycles. The van der Waals surface area contributed by atoms with Gasteiger partial charge in [0, 0.05) is 12.6 Å². The number of ketones is 2. The van der Waals surface area contributed by atoms with E-state index in [-0.39, 0.29) is 48.1 Å². The lowest BCUT2D eigenvalue weighted by atomic mass is 9.91. The first-order valence-electron chi connectivity index (χ1n) is 6.56. The SMILES string of the molecule is CCC(=O)OCC(C(=O)C1=CC=NCC1=O)C1CC1. The Kier molecular flexibility index (Phi) is 4.24. The van der Waals surface area contributed by atoms with Gasteiger partial charge >= 0.3 is 5.97 Å². The van der Waals surface area contributed by atoms with Crippen molar-refractivity contribution in [3.8, 4) is 0 Å². The van der Waals surface area contributed by atoms with Crippen LogP contribution >= 0.6 is 0 Å². The average molecular weight is 263 g/mol. The van der Waals surface area contributed by atoms with Crippen LogP contribution in [-0.4, -0.2) is 36.9 Å². The van der Waals surface area contributed by atoms with Gasteiger partial charge in [-0.2, -0.15) is 0 Å². The van der Waals surface area contributed by atoms with Crippen molar-refractivity contribution in [2.24, 2.45) is 16.8 Å². The number of hydrogen-bond acceptors (Lipinski definition) is 5. The van der Waals surface area contributed by atoms with Crippen LogP contribution in [0.2, 0.25) is 0 Å². The molecule has 102 valence electrons. The van der Waals surface area contributed by atoms with Crippen LogP contribution in [0.25, 0.3) is 0 Å². The highest BCUT2D eigenvalue weighted by molar-refractivity contribution is 6.24. The van der Waals surface area contributed by atoms with E-state index >= 15 is 0 Å². The second-order valence-electron chi connectivity index (χ2n) is 4.84. The van der Waals surface area contributed by atoms with Crippen molar-refractivity contribution in [3.05, 3.63) is 11.6 Å². The molecule has 0 aromatic carbocycles. The van der Waals surface area contributed by atoms with Gasteiger partial charge in [0.2, 0.25) is 0 Å². The number of carbonyl (C=O) groups excluding carboxylic acids is 3. The molecule has 1 unspecified atom stereocenters. The number of aliphatic imine (C=N–C) groups is 1. The number of ether oxygens (including phenoxy) is 1. The second kappa shape index (κ2) is 5.91. The van der Waals surface area contributed by atoms with E-state index in [0.717, 1.165) is 12.8 Å². The molecule has 0 amide bonds. The van der Waals surface area contributed by atoms with Crippen molar-refractivity contribution in [2.45, 2.75) is 26.2 Å². The summed E-state index contributed by atoms with van der Waals surface area (Å²) >= 11 is 0. The molecule has 2 rings (SSSR count). The van der Waals surface area contributed by atoms with Gasteiger partial charge in [-0.3, -0.25) is 19.4 Å². The van der Waals surface area contributed by atoms with Gasteiger partial charge in [0.15, 0.2) is 11.6 Å². The zero-order chi connectivity index (χ0) is 13.8. The minimum absolute atomic E-state index is 0.0315. The van der Waals surface area contributed by atoms with E-state index in [1.807, 2.05) is 0 Å². The van der Waals surface area contributed by atoms with Crippen molar-refractivity contribution < 1.29 is 19.1 Å². The molecule has 1 atom stereocenters. The van der Waals surface area contributed by atoms with Crippen LogP contribution in [0.1, 0.15) is 26.2 Å². The molecular weight excluding hydrogens is 246 g/mol. The first-order valence-corrected chi connectivity index (χ1v) is 6.56. The van der Waals surface area contributed by atoms with Crippen LogP contribution < -0.4 is 0 Å². The summed E-state index contributed by atoms with van der Waals surface area (Å²) in [5.41, 5.74) is 0.194. The Morgan fingerprint density at radius 1 is 1.47 bits per heavy atom. The highest BCUT2D eigenvalue weighted by atomic mass is 16.5. The van der Waals surface area contributed by atoms with Crippen molar-refractivity contribution >= 4 is 23.8 Å².